The lowest BCUT2D eigenvalue weighted by Crippen LogP contribution is -2.56. The molecular formula is C67H94N18O6. The number of rotatable bonds is 16. The Hall–Kier alpha value is -7.61. The van der Waals surface area contributed by atoms with Gasteiger partial charge in [-0.05, 0) is 151 Å². The second kappa shape index (κ2) is 28.5. The molecule has 0 saturated carbocycles. The fraction of sp³-hybridized carbons (Fsp3) is 0.627. The molecule has 0 bridgehead atoms. The highest BCUT2D eigenvalue weighted by Crippen LogP contribution is 2.41. The quantitative estimate of drug-likeness (QED) is 0.0957. The van der Waals surface area contributed by atoms with Crippen LogP contribution in [0.5, 0.6) is 12.0 Å². The van der Waals surface area contributed by atoms with Crippen LogP contribution in [0.25, 0.3) is 21.8 Å². The molecule has 4 aromatic heterocycles. The van der Waals surface area contributed by atoms with Crippen molar-refractivity contribution in [2.24, 2.45) is 0 Å². The molecule has 6 atom stereocenters. The largest absolute Gasteiger partial charge is 0.459 e. The number of aromatic nitrogens is 8. The van der Waals surface area contributed by atoms with Crippen molar-refractivity contribution in [1.29, 1.82) is 10.5 Å². The maximum absolute atomic E-state index is 13.1. The number of carbonyl (C=O) groups is 1. The number of nitriles is 2. The van der Waals surface area contributed by atoms with Crippen molar-refractivity contribution in [3.05, 3.63) is 70.3 Å². The molecule has 24 heteroatoms. The zero-order valence-electron chi connectivity index (χ0n) is 55.5. The highest BCUT2D eigenvalue weighted by atomic mass is 16.6. The zero-order chi connectivity index (χ0) is 64.1. The minimum atomic E-state index is -0.622. The summed E-state index contributed by atoms with van der Waals surface area (Å²) in [5.74, 6) is 1.77. The van der Waals surface area contributed by atoms with Crippen LogP contribution in [-0.4, -0.2) is 197 Å². The topological polar surface area (TPSA) is 233 Å². The summed E-state index contributed by atoms with van der Waals surface area (Å²) in [6, 6.07) is 13.9. The van der Waals surface area contributed by atoms with E-state index in [1.54, 1.807) is 4.90 Å². The lowest BCUT2D eigenvalue weighted by Gasteiger charge is -2.42. The molecule has 91 heavy (non-hydrogen) atoms. The fourth-order valence-corrected chi connectivity index (χ4v) is 14.0. The van der Waals surface area contributed by atoms with Gasteiger partial charge in [-0.2, -0.15) is 40.7 Å². The molecule has 0 spiro atoms. The summed E-state index contributed by atoms with van der Waals surface area (Å²) in [6.07, 6.45) is 12.1. The van der Waals surface area contributed by atoms with Gasteiger partial charge in [-0.3, -0.25) is 0 Å². The highest BCUT2D eigenvalue weighted by molar-refractivity contribution is 5.95. The van der Waals surface area contributed by atoms with E-state index >= 15 is 0 Å². The molecule has 6 aliphatic rings. The number of nitrogens with one attached hydrogen (secondary N) is 1. The normalized spacial score (nSPS) is 21.2. The Kier molecular flexibility index (Phi) is 20.3. The van der Waals surface area contributed by atoms with Crippen molar-refractivity contribution in [1.82, 2.24) is 59.5 Å². The molecule has 12 rings (SSSR count). The van der Waals surface area contributed by atoms with Crippen LogP contribution in [0.2, 0.25) is 0 Å². The van der Waals surface area contributed by atoms with Crippen molar-refractivity contribution in [2.75, 3.05) is 126 Å². The Morgan fingerprint density at radius 1 is 0.670 bits per heavy atom. The lowest BCUT2D eigenvalue weighted by atomic mass is 10.0. The smallest absolute Gasteiger partial charge is 0.410 e. The van der Waals surface area contributed by atoms with Gasteiger partial charge >= 0.3 is 18.1 Å². The van der Waals surface area contributed by atoms with Gasteiger partial charge in [0.1, 0.15) is 29.4 Å². The number of hydrogen-bond donors (Lipinski definition) is 1. The van der Waals surface area contributed by atoms with Crippen LogP contribution in [0.3, 0.4) is 0 Å². The number of fused-ring (bicyclic) bond motifs is 4. The van der Waals surface area contributed by atoms with Gasteiger partial charge in [-0.1, -0.05) is 12.1 Å². The number of benzene rings is 2. The van der Waals surface area contributed by atoms with Gasteiger partial charge in [0, 0.05) is 107 Å². The standard InChI is InChI=1S/C36H51N9O4.C31H43N9O2/c1-24-11-12-30-28(20-38-45(30)31-10-8-9-19-47-31)32(24)42-16-14-27-29(23-42)39-34(48-25(2)21-41(6)7)40-33(27)43-17-18-44(26(22-43)13-15-37)35(46)49-36(3,4)5;1-21-8-9-27-25(17-34-40(27)28-7-5-6-16-41-28)29(21)38-14-11-24-26(20-38)35-31(42-22(2)18-37(3)4)36-30(24)39-15-13-33-23(19-39)10-12-32/h11-12,20,25-26,31H,8-10,13-14,16-19,21-23H2,1-7H3;8-9,17,22-23,28,33H,5-7,10-11,13-16,18-20H2,1-4H3/t25-,26?,31?;22-,23?,28?/m11/s1. The number of nitrogens with zero attached hydrogens (tertiary/aromatic N) is 17. The number of piperazine rings is 2. The van der Waals surface area contributed by atoms with E-state index in [0.717, 1.165) is 166 Å². The Morgan fingerprint density at radius 2 is 1.18 bits per heavy atom. The van der Waals surface area contributed by atoms with Crippen LogP contribution < -0.4 is 34.4 Å². The molecule has 6 aliphatic heterocycles. The molecule has 4 unspecified atom stereocenters. The first-order valence-electron chi connectivity index (χ1n) is 32.9. The van der Waals surface area contributed by atoms with E-state index in [1.807, 2.05) is 73.0 Å². The molecule has 4 saturated heterocycles. The molecule has 10 heterocycles. The van der Waals surface area contributed by atoms with Crippen molar-refractivity contribution < 1.29 is 28.5 Å². The molecule has 2 aromatic carbocycles. The van der Waals surface area contributed by atoms with Crippen LogP contribution in [0, 0.1) is 36.5 Å². The van der Waals surface area contributed by atoms with Crippen molar-refractivity contribution in [3.8, 4) is 24.2 Å². The molecule has 1 N–H and O–H groups in total. The van der Waals surface area contributed by atoms with E-state index in [1.165, 1.54) is 22.4 Å². The van der Waals surface area contributed by atoms with Crippen LogP contribution in [-0.2, 0) is 40.1 Å². The number of ether oxygens (including phenoxy) is 5. The minimum Gasteiger partial charge on any atom is -0.459 e. The van der Waals surface area contributed by atoms with Crippen LogP contribution in [0.15, 0.2) is 36.7 Å². The third-order valence-corrected chi connectivity index (χ3v) is 17.9. The van der Waals surface area contributed by atoms with Crippen LogP contribution in [0.4, 0.5) is 27.8 Å². The molecule has 0 aliphatic carbocycles. The number of aryl methyl sites for hydroxylation is 2. The van der Waals surface area contributed by atoms with Crippen molar-refractivity contribution in [3.63, 3.8) is 0 Å². The Labute approximate surface area is 536 Å². The van der Waals surface area contributed by atoms with Gasteiger partial charge in [0.2, 0.25) is 0 Å². The van der Waals surface area contributed by atoms with Gasteiger partial charge < -0.3 is 63.3 Å². The molecule has 4 fully saturated rings. The molecule has 6 aromatic rings. The third kappa shape index (κ3) is 15.0. The van der Waals surface area contributed by atoms with E-state index in [4.69, 9.17) is 53.8 Å². The number of likely N-dealkylation sites (N-methyl/N-ethyl adjacent to an activating group) is 2. The monoisotopic (exact) mass is 1250 g/mol. The van der Waals surface area contributed by atoms with Gasteiger partial charge in [-0.15, -0.1) is 0 Å². The maximum Gasteiger partial charge on any atom is 0.410 e. The molecule has 1 amide bonds. The number of hydrogen-bond acceptors (Lipinski definition) is 21. The van der Waals surface area contributed by atoms with Gasteiger partial charge in [0.25, 0.3) is 0 Å². The second-order valence-corrected chi connectivity index (χ2v) is 27.0. The average molecular weight is 1250 g/mol. The van der Waals surface area contributed by atoms with Crippen LogP contribution in [0.1, 0.15) is 132 Å². The van der Waals surface area contributed by atoms with E-state index in [2.05, 4.69) is 96.6 Å². The Balaban J connectivity index is 0.000000189. The van der Waals surface area contributed by atoms with E-state index in [0.29, 0.717) is 51.2 Å². The summed E-state index contributed by atoms with van der Waals surface area (Å²) in [7, 11) is 8.11. The number of carbonyl (C=O) groups excluding carboxylic acids is 1. The summed E-state index contributed by atoms with van der Waals surface area (Å²) < 4.78 is 34.6. The van der Waals surface area contributed by atoms with Crippen molar-refractivity contribution in [2.45, 2.75) is 168 Å². The molecule has 488 valence electrons. The molecule has 0 radical (unpaired) electrons. The second-order valence-electron chi connectivity index (χ2n) is 27.0. The third-order valence-electron chi connectivity index (χ3n) is 17.9. The zero-order valence-corrected chi connectivity index (χ0v) is 55.5. The van der Waals surface area contributed by atoms with Gasteiger partial charge in [0.15, 0.2) is 12.5 Å². The molecular weight excluding hydrogens is 1150 g/mol. The number of anilines is 4. The lowest BCUT2D eigenvalue weighted by molar-refractivity contribution is -0.0367. The van der Waals surface area contributed by atoms with E-state index in [-0.39, 0.29) is 43.2 Å². The number of amides is 1. The first-order valence-corrected chi connectivity index (χ1v) is 32.9. The maximum atomic E-state index is 13.1. The van der Waals surface area contributed by atoms with Gasteiger partial charge in [0.05, 0.1) is 90.3 Å². The average Bonchev–Trinajstić information content (AvgIpc) is 1.76. The predicted octanol–water partition coefficient (Wildman–Crippen LogP) is 8.48. The molecule has 24 nitrogen and oxygen atoms in total. The van der Waals surface area contributed by atoms with Crippen LogP contribution >= 0.6 is 0 Å². The summed E-state index contributed by atoms with van der Waals surface area (Å²) in [5, 5.41) is 34.4. The van der Waals surface area contributed by atoms with E-state index < -0.39 is 11.7 Å². The first kappa shape index (κ1) is 64.9. The van der Waals surface area contributed by atoms with Crippen molar-refractivity contribution >= 4 is 50.9 Å². The summed E-state index contributed by atoms with van der Waals surface area (Å²) in [5.41, 5.74) is 10.6. The SMILES string of the molecule is Cc1ccc2c(cnn2C2CCCCO2)c1N1CCc2c(nc(O[C@H](C)CN(C)C)nc2N2CCN(C(=O)OC(C)(C)C)C(CC#N)C2)C1.Cc1ccc2c(cnn2C2CCCCO2)c1N1CCc2c(nc(O[C@H](C)CN(C)C)nc2N2CCNC(CC#N)C2)C1. The first-order chi connectivity index (χ1) is 43.8. The summed E-state index contributed by atoms with van der Waals surface area (Å²) >= 11 is 0. The highest BCUT2D eigenvalue weighted by Gasteiger charge is 2.38. The predicted molar refractivity (Wildman–Crippen MR) is 351 cm³/mol. The van der Waals surface area contributed by atoms with E-state index in [9.17, 15) is 15.3 Å². The Bertz CT molecular complexity index is 3590. The summed E-state index contributed by atoms with van der Waals surface area (Å²) in [6.45, 7) is 23.8. The van der Waals surface area contributed by atoms with Gasteiger partial charge in [-0.25, -0.2) is 14.2 Å². The Morgan fingerprint density at radius 3 is 1.64 bits per heavy atom. The summed E-state index contributed by atoms with van der Waals surface area (Å²) in [4.78, 5) is 48.4. The minimum absolute atomic E-state index is 0.00283. The fourth-order valence-electron chi connectivity index (χ4n) is 14.0.